The van der Waals surface area contributed by atoms with E-state index < -0.39 is 67.3 Å². The zero-order valence-corrected chi connectivity index (χ0v) is 53.3. The predicted octanol–water partition coefficient (Wildman–Crippen LogP) is 18.3. The maximum Gasteiger partial charge on any atom is 0.335 e. The van der Waals surface area contributed by atoms with Gasteiger partial charge in [0, 0.05) is 19.3 Å². The smallest absolute Gasteiger partial charge is 0.335 e. The van der Waals surface area contributed by atoms with Crippen LogP contribution in [0.5, 0.6) is 0 Å². The molecule has 0 amide bonds. The van der Waals surface area contributed by atoms with E-state index in [9.17, 15) is 34.5 Å². The number of carbonyl (C=O) groups is 4. The van der Waals surface area contributed by atoms with E-state index in [1.54, 1.807) is 0 Å². The Bertz CT molecular complexity index is 1940. The summed E-state index contributed by atoms with van der Waals surface area (Å²) in [7, 11) is 0. The Kier molecular flexibility index (Phi) is 54.6. The quantitative estimate of drug-likeness (QED) is 0.0228. The Morgan fingerprint density at radius 3 is 1.13 bits per heavy atom. The van der Waals surface area contributed by atoms with Gasteiger partial charge < -0.3 is 39.0 Å². The molecule has 1 aliphatic heterocycles. The molecule has 0 saturated carbocycles. The van der Waals surface area contributed by atoms with Crippen LogP contribution in [0.2, 0.25) is 0 Å². The molecule has 12 heteroatoms. The zero-order valence-electron chi connectivity index (χ0n) is 53.3. The standard InChI is InChI=1S/C73H118O12/c1-4-7-10-13-16-19-22-25-28-31-33-36-38-41-44-47-50-53-56-59-65(74)81-62-64(83-66(75)60-57-54-51-48-45-42-40-37-34-32-29-26-23-20-17-14-11-8-5-2)63-82-73-71(69(78)68(77)70(85-73)72(79)80)84-67(76)61-58-55-52-49-46-43-39-35-30-27-24-21-18-15-12-9-6-3/h9,12,16-21,25-30,33-34,36-37,39,43,64,68-71,73,77-78H,4-8,10-11,13-15,22-24,31-32,35,38,40-42,44-63H2,1-3H3,(H,79,80)/b12-9-,19-16-,20-17-,21-18-,28-25-,29-26-,30-27-,36-33-,37-34-,43-39-. The van der Waals surface area contributed by atoms with Crippen molar-refractivity contribution in [2.24, 2.45) is 0 Å². The number of aliphatic hydroxyl groups is 2. The molecule has 0 spiro atoms. The van der Waals surface area contributed by atoms with Gasteiger partial charge in [-0.3, -0.25) is 14.4 Å². The molecule has 1 aliphatic rings. The summed E-state index contributed by atoms with van der Waals surface area (Å²) in [6.45, 7) is 5.81. The number of carbonyl (C=O) groups excluding carboxylic acids is 3. The van der Waals surface area contributed by atoms with Gasteiger partial charge in [0.15, 0.2) is 24.6 Å². The highest BCUT2D eigenvalue weighted by molar-refractivity contribution is 5.74. The topological polar surface area (TPSA) is 175 Å². The maximum absolute atomic E-state index is 13.2. The molecule has 3 N–H and O–H groups in total. The van der Waals surface area contributed by atoms with E-state index in [4.69, 9.17) is 23.7 Å². The van der Waals surface area contributed by atoms with Crippen LogP contribution in [0.4, 0.5) is 0 Å². The van der Waals surface area contributed by atoms with Gasteiger partial charge in [-0.05, 0) is 135 Å². The van der Waals surface area contributed by atoms with Crippen molar-refractivity contribution >= 4 is 23.9 Å². The summed E-state index contributed by atoms with van der Waals surface area (Å²) in [5.74, 6) is -3.19. The van der Waals surface area contributed by atoms with Gasteiger partial charge in [-0.25, -0.2) is 4.79 Å². The third-order valence-corrected chi connectivity index (χ3v) is 14.5. The monoisotopic (exact) mass is 1190 g/mol. The number of hydrogen-bond donors (Lipinski definition) is 3. The molecule has 1 rings (SSSR count). The van der Waals surface area contributed by atoms with Gasteiger partial charge in [-0.15, -0.1) is 0 Å². The lowest BCUT2D eigenvalue weighted by atomic mass is 9.98. The number of ether oxygens (including phenoxy) is 5. The Balaban J connectivity index is 2.70. The SMILES string of the molecule is CC/C=C\C/C=C\C/C=C\C/C=C\CCCCCCC(=O)OC1C(OCC(COC(=O)CCCCCCCC/C=C\C/C=C\C/C=C\CCCCC)OC(=O)CCCCCCCC/C=C\C/C=C\C/C=C\CCCCC)OC(C(=O)O)C(O)C1O. The molecular formula is C73H118O12. The molecule has 0 aromatic heterocycles. The van der Waals surface area contributed by atoms with Gasteiger partial charge in [0.1, 0.15) is 18.8 Å². The molecular weight excluding hydrogens is 1070 g/mol. The first-order chi connectivity index (χ1) is 41.6. The van der Waals surface area contributed by atoms with Gasteiger partial charge >= 0.3 is 23.9 Å². The van der Waals surface area contributed by atoms with E-state index in [1.807, 2.05) is 0 Å². The number of carboxylic acid groups (broad SMARTS) is 1. The van der Waals surface area contributed by atoms with Crippen LogP contribution in [-0.4, -0.2) is 89.2 Å². The van der Waals surface area contributed by atoms with E-state index in [1.165, 1.54) is 51.4 Å². The summed E-state index contributed by atoms with van der Waals surface area (Å²) >= 11 is 0. The normalized spacial score (nSPS) is 18.2. The summed E-state index contributed by atoms with van der Waals surface area (Å²) in [6.07, 6.45) is 70.0. The minimum Gasteiger partial charge on any atom is -0.479 e. The van der Waals surface area contributed by atoms with Crippen LogP contribution in [0.3, 0.4) is 0 Å². The molecule has 1 fully saturated rings. The van der Waals surface area contributed by atoms with E-state index in [2.05, 4.69) is 142 Å². The van der Waals surface area contributed by atoms with E-state index >= 15 is 0 Å². The van der Waals surface area contributed by atoms with Crippen molar-refractivity contribution in [2.75, 3.05) is 13.2 Å². The van der Waals surface area contributed by atoms with Crippen molar-refractivity contribution in [2.45, 2.75) is 302 Å². The van der Waals surface area contributed by atoms with E-state index in [0.29, 0.717) is 19.3 Å². The van der Waals surface area contributed by atoms with Crippen LogP contribution in [0.25, 0.3) is 0 Å². The molecule has 1 heterocycles. The number of esters is 3. The fraction of sp³-hybridized carbons (Fsp3) is 0.671. The number of carboxylic acids is 1. The molecule has 6 unspecified atom stereocenters. The molecule has 0 aromatic rings. The van der Waals surface area contributed by atoms with Gasteiger partial charge in [0.2, 0.25) is 0 Å². The first-order valence-corrected chi connectivity index (χ1v) is 33.5. The average Bonchev–Trinajstić information content (AvgIpc) is 2.83. The van der Waals surface area contributed by atoms with Crippen LogP contribution in [0, 0.1) is 0 Å². The fourth-order valence-corrected chi connectivity index (χ4v) is 9.37. The zero-order chi connectivity index (χ0) is 61.7. The van der Waals surface area contributed by atoms with Crippen LogP contribution >= 0.6 is 0 Å². The Morgan fingerprint density at radius 2 is 0.741 bits per heavy atom. The molecule has 12 nitrogen and oxygen atoms in total. The van der Waals surface area contributed by atoms with Crippen LogP contribution < -0.4 is 0 Å². The minimum absolute atomic E-state index is 0.0235. The number of hydrogen-bond acceptors (Lipinski definition) is 11. The summed E-state index contributed by atoms with van der Waals surface area (Å²) in [4.78, 5) is 51.4. The Hall–Kier alpha value is -4.88. The van der Waals surface area contributed by atoms with Crippen LogP contribution in [0.1, 0.15) is 265 Å². The number of aliphatic carboxylic acids is 1. The van der Waals surface area contributed by atoms with Gasteiger partial charge in [0.05, 0.1) is 6.61 Å². The summed E-state index contributed by atoms with van der Waals surface area (Å²) < 4.78 is 28.5. The number of rotatable bonds is 56. The molecule has 0 aliphatic carbocycles. The van der Waals surface area contributed by atoms with Crippen LogP contribution in [0.15, 0.2) is 122 Å². The Labute approximate surface area is 516 Å². The Morgan fingerprint density at radius 1 is 0.400 bits per heavy atom. The summed E-state index contributed by atoms with van der Waals surface area (Å²) in [5.41, 5.74) is 0. The van der Waals surface area contributed by atoms with Crippen molar-refractivity contribution in [1.29, 1.82) is 0 Å². The molecule has 0 aromatic carbocycles. The summed E-state index contributed by atoms with van der Waals surface area (Å²) in [6, 6.07) is 0. The third-order valence-electron chi connectivity index (χ3n) is 14.5. The lowest BCUT2D eigenvalue weighted by Gasteiger charge is -2.40. The van der Waals surface area contributed by atoms with Crippen molar-refractivity contribution < 1.29 is 58.2 Å². The predicted molar refractivity (Wildman–Crippen MR) is 349 cm³/mol. The lowest BCUT2D eigenvalue weighted by molar-refractivity contribution is -0.301. The van der Waals surface area contributed by atoms with Crippen molar-refractivity contribution in [1.82, 2.24) is 0 Å². The van der Waals surface area contributed by atoms with Gasteiger partial charge in [0.25, 0.3) is 0 Å². The highest BCUT2D eigenvalue weighted by Gasteiger charge is 2.50. The molecule has 482 valence electrons. The minimum atomic E-state index is -1.92. The van der Waals surface area contributed by atoms with Crippen molar-refractivity contribution in [3.63, 3.8) is 0 Å². The van der Waals surface area contributed by atoms with E-state index in [0.717, 1.165) is 154 Å². The van der Waals surface area contributed by atoms with Gasteiger partial charge in [-0.2, -0.15) is 0 Å². The van der Waals surface area contributed by atoms with Crippen molar-refractivity contribution in [3.05, 3.63) is 122 Å². The molecule has 0 bridgehead atoms. The molecule has 85 heavy (non-hydrogen) atoms. The van der Waals surface area contributed by atoms with Crippen molar-refractivity contribution in [3.8, 4) is 0 Å². The molecule has 0 radical (unpaired) electrons. The second-order valence-electron chi connectivity index (χ2n) is 22.4. The molecule has 1 saturated heterocycles. The first kappa shape index (κ1) is 78.1. The number of aliphatic hydroxyl groups excluding tert-OH is 2. The van der Waals surface area contributed by atoms with Crippen LogP contribution in [-0.2, 0) is 42.9 Å². The number of allylic oxidation sites excluding steroid dienone is 20. The largest absolute Gasteiger partial charge is 0.479 e. The summed E-state index contributed by atoms with van der Waals surface area (Å²) in [5, 5.41) is 31.6. The second kappa shape index (κ2) is 59.5. The second-order valence-corrected chi connectivity index (χ2v) is 22.4. The first-order valence-electron chi connectivity index (χ1n) is 33.5. The highest BCUT2D eigenvalue weighted by atomic mass is 16.7. The highest BCUT2D eigenvalue weighted by Crippen LogP contribution is 2.26. The lowest BCUT2D eigenvalue weighted by Crippen LogP contribution is -2.61. The third kappa shape index (κ3) is 48.9. The molecule has 6 atom stereocenters. The fourth-order valence-electron chi connectivity index (χ4n) is 9.37. The number of unbranched alkanes of at least 4 members (excludes halogenated alkanes) is 22. The van der Waals surface area contributed by atoms with E-state index in [-0.39, 0.29) is 25.9 Å². The van der Waals surface area contributed by atoms with Gasteiger partial charge in [-0.1, -0.05) is 232 Å². The average molecular weight is 1190 g/mol. The maximum atomic E-state index is 13.2.